The number of carbonyl (C=O) groups excluding carboxylic acids is 2. The zero-order chi connectivity index (χ0) is 36.1. The molecule has 0 spiro atoms. The lowest BCUT2D eigenvalue weighted by Gasteiger charge is -2.19. The molecule has 284 valence electrons. The molecule has 0 fully saturated rings. The minimum Gasteiger partial charge on any atom is -0.462 e. The molecule has 0 radical (unpaired) electrons. The number of phosphoric ester groups is 1. The van der Waals surface area contributed by atoms with Crippen molar-refractivity contribution in [1.82, 2.24) is 0 Å². The van der Waals surface area contributed by atoms with E-state index >= 15 is 0 Å². The van der Waals surface area contributed by atoms with Crippen LogP contribution in [-0.2, 0) is 32.7 Å². The maximum absolute atomic E-state index is 12.5. The van der Waals surface area contributed by atoms with Crippen molar-refractivity contribution in [2.45, 2.75) is 161 Å². The molecule has 2 atom stereocenters. The summed E-state index contributed by atoms with van der Waals surface area (Å²) >= 11 is 0. The van der Waals surface area contributed by atoms with Crippen LogP contribution in [0.4, 0.5) is 0 Å². The van der Waals surface area contributed by atoms with Crippen molar-refractivity contribution in [1.29, 1.82) is 0 Å². The lowest BCUT2D eigenvalue weighted by molar-refractivity contribution is -0.161. The lowest BCUT2D eigenvalue weighted by atomic mass is 10.0. The quantitative estimate of drug-likeness (QED) is 0.0285. The average molecular weight is 712 g/mol. The Balaban J connectivity index is 4.30. The van der Waals surface area contributed by atoms with Crippen LogP contribution in [0.5, 0.6) is 0 Å². The van der Waals surface area contributed by atoms with E-state index in [0.717, 1.165) is 57.8 Å². The van der Waals surface area contributed by atoms with Crippen LogP contribution in [0.15, 0.2) is 48.6 Å². The number of nitrogens with two attached hydrogens (primary N) is 1. The van der Waals surface area contributed by atoms with Gasteiger partial charge in [-0.25, -0.2) is 4.57 Å². The van der Waals surface area contributed by atoms with E-state index in [1.807, 2.05) is 0 Å². The second kappa shape index (κ2) is 35.8. The summed E-state index contributed by atoms with van der Waals surface area (Å²) in [6.45, 7) is 3.55. The largest absolute Gasteiger partial charge is 0.472 e. The van der Waals surface area contributed by atoms with Gasteiger partial charge in [0.15, 0.2) is 6.10 Å². The number of unbranched alkanes of at least 4 members (excludes halogenated alkanes) is 14. The summed E-state index contributed by atoms with van der Waals surface area (Å²) in [4.78, 5) is 34.7. The van der Waals surface area contributed by atoms with E-state index in [4.69, 9.17) is 24.3 Å². The molecule has 0 aromatic heterocycles. The highest BCUT2D eigenvalue weighted by Crippen LogP contribution is 2.43. The highest BCUT2D eigenvalue weighted by Gasteiger charge is 2.25. The second-order valence-electron chi connectivity index (χ2n) is 12.4. The van der Waals surface area contributed by atoms with Crippen molar-refractivity contribution in [3.8, 4) is 0 Å². The van der Waals surface area contributed by atoms with E-state index in [-0.39, 0.29) is 32.6 Å². The van der Waals surface area contributed by atoms with Crippen LogP contribution in [0.2, 0.25) is 0 Å². The fraction of sp³-hybridized carbons (Fsp3) is 0.744. The van der Waals surface area contributed by atoms with Gasteiger partial charge in [0.2, 0.25) is 0 Å². The number of phosphoric acid groups is 1. The molecule has 0 saturated heterocycles. The zero-order valence-corrected chi connectivity index (χ0v) is 31.8. The first kappa shape index (κ1) is 47.0. The SMILES string of the molecule is CC/C=C/C/C=C/C/C=C/C/C=C/CCCCC(=O)OC[C@H](COP(=O)(O)OCCN)OC(=O)CCCCCCCCCCCCCCC. The van der Waals surface area contributed by atoms with Gasteiger partial charge in [0.1, 0.15) is 6.61 Å². The number of ether oxygens (including phenoxy) is 2. The number of carbonyl (C=O) groups is 2. The Hall–Kier alpha value is -2.03. The Morgan fingerprint density at radius 3 is 1.67 bits per heavy atom. The first-order valence-electron chi connectivity index (χ1n) is 19.1. The summed E-state index contributed by atoms with van der Waals surface area (Å²) in [6.07, 6.45) is 38.6. The highest BCUT2D eigenvalue weighted by atomic mass is 31.2. The smallest absolute Gasteiger partial charge is 0.462 e. The Morgan fingerprint density at radius 2 is 1.12 bits per heavy atom. The van der Waals surface area contributed by atoms with Gasteiger partial charge in [0.05, 0.1) is 13.2 Å². The van der Waals surface area contributed by atoms with Crippen molar-refractivity contribution < 1.29 is 37.6 Å². The summed E-state index contributed by atoms with van der Waals surface area (Å²) in [6, 6.07) is 0. The minimum absolute atomic E-state index is 0.0470. The van der Waals surface area contributed by atoms with E-state index < -0.39 is 32.5 Å². The fourth-order valence-corrected chi connectivity index (χ4v) is 5.68. The number of rotatable bonds is 35. The van der Waals surface area contributed by atoms with E-state index in [2.05, 4.69) is 62.5 Å². The van der Waals surface area contributed by atoms with Crippen LogP contribution in [0.1, 0.15) is 155 Å². The number of allylic oxidation sites excluding steroid dienone is 8. The summed E-state index contributed by atoms with van der Waals surface area (Å²) in [7, 11) is -4.38. The van der Waals surface area contributed by atoms with Crippen molar-refractivity contribution >= 4 is 19.8 Å². The maximum atomic E-state index is 12.5. The summed E-state index contributed by atoms with van der Waals surface area (Å²) in [5.41, 5.74) is 5.33. The van der Waals surface area contributed by atoms with Gasteiger partial charge in [-0.05, 0) is 51.4 Å². The van der Waals surface area contributed by atoms with Crippen molar-refractivity contribution in [3.05, 3.63) is 48.6 Å². The van der Waals surface area contributed by atoms with Gasteiger partial charge in [0, 0.05) is 19.4 Å². The molecule has 9 nitrogen and oxygen atoms in total. The molecule has 49 heavy (non-hydrogen) atoms. The molecule has 0 bridgehead atoms. The van der Waals surface area contributed by atoms with E-state index in [0.29, 0.717) is 12.8 Å². The molecule has 0 saturated carbocycles. The average Bonchev–Trinajstić information content (AvgIpc) is 3.08. The third-order valence-electron chi connectivity index (χ3n) is 7.73. The minimum atomic E-state index is -4.38. The van der Waals surface area contributed by atoms with Gasteiger partial charge in [-0.15, -0.1) is 0 Å². The maximum Gasteiger partial charge on any atom is 0.472 e. The van der Waals surface area contributed by atoms with E-state index in [1.54, 1.807) is 0 Å². The molecule has 0 amide bonds. The molecular formula is C39H70NO8P. The van der Waals surface area contributed by atoms with Crippen LogP contribution < -0.4 is 5.73 Å². The van der Waals surface area contributed by atoms with Crippen LogP contribution in [0.3, 0.4) is 0 Å². The molecular weight excluding hydrogens is 641 g/mol. The van der Waals surface area contributed by atoms with Crippen molar-refractivity contribution in [3.63, 3.8) is 0 Å². The number of esters is 2. The molecule has 3 N–H and O–H groups in total. The van der Waals surface area contributed by atoms with Crippen LogP contribution in [0.25, 0.3) is 0 Å². The van der Waals surface area contributed by atoms with Gasteiger partial charge >= 0.3 is 19.8 Å². The van der Waals surface area contributed by atoms with E-state index in [9.17, 15) is 19.0 Å². The first-order chi connectivity index (χ1) is 23.8. The van der Waals surface area contributed by atoms with Crippen LogP contribution in [0, 0.1) is 0 Å². The van der Waals surface area contributed by atoms with Crippen molar-refractivity contribution in [2.24, 2.45) is 5.73 Å². The number of hydrogen-bond acceptors (Lipinski definition) is 8. The first-order valence-corrected chi connectivity index (χ1v) is 20.6. The topological polar surface area (TPSA) is 134 Å². The normalized spacial score (nSPS) is 14.0. The van der Waals surface area contributed by atoms with Crippen LogP contribution >= 0.6 is 7.82 Å². The van der Waals surface area contributed by atoms with Crippen molar-refractivity contribution in [2.75, 3.05) is 26.4 Å². The standard InChI is InChI=1S/C39H70NO8P/c1-3-5-7-9-11-13-15-17-18-20-21-23-25-27-29-31-38(41)45-35-37(36-47-49(43,44)46-34-33-40)48-39(42)32-30-28-26-24-22-19-16-14-12-10-8-6-4-2/h5,7,11,13,17-18,21,23,37H,3-4,6,8-10,12,14-16,19-20,22,24-36,40H2,1-2H3,(H,43,44)/b7-5+,13-11+,18-17+,23-21+/t37-/m1/s1. The van der Waals surface area contributed by atoms with Gasteiger partial charge < -0.3 is 20.1 Å². The van der Waals surface area contributed by atoms with Gasteiger partial charge in [-0.3, -0.25) is 18.6 Å². The second-order valence-corrected chi connectivity index (χ2v) is 13.9. The van der Waals surface area contributed by atoms with Gasteiger partial charge in [-0.2, -0.15) is 0 Å². The molecule has 0 aromatic carbocycles. The molecule has 0 aliphatic rings. The molecule has 0 aromatic rings. The predicted molar refractivity (Wildman–Crippen MR) is 201 cm³/mol. The fourth-order valence-electron chi connectivity index (χ4n) is 4.92. The summed E-state index contributed by atoms with van der Waals surface area (Å²) in [5, 5.41) is 0. The third-order valence-corrected chi connectivity index (χ3v) is 8.71. The molecule has 0 aliphatic heterocycles. The summed E-state index contributed by atoms with van der Waals surface area (Å²) < 4.78 is 32.6. The lowest BCUT2D eigenvalue weighted by Crippen LogP contribution is -2.29. The molecule has 10 heteroatoms. The third kappa shape index (κ3) is 35.6. The zero-order valence-electron chi connectivity index (χ0n) is 30.9. The Kier molecular flexibility index (Phi) is 34.3. The Labute approximate surface area is 298 Å². The summed E-state index contributed by atoms with van der Waals surface area (Å²) in [5.74, 6) is -0.879. The van der Waals surface area contributed by atoms with Gasteiger partial charge in [0.25, 0.3) is 0 Å². The molecule has 0 aliphatic carbocycles. The molecule has 1 unspecified atom stereocenters. The highest BCUT2D eigenvalue weighted by molar-refractivity contribution is 7.47. The number of hydrogen-bond donors (Lipinski definition) is 2. The Bertz CT molecular complexity index is 949. The molecule has 0 heterocycles. The Morgan fingerprint density at radius 1 is 0.633 bits per heavy atom. The predicted octanol–water partition coefficient (Wildman–Crippen LogP) is 10.4. The van der Waals surface area contributed by atoms with Crippen LogP contribution in [-0.4, -0.2) is 49.3 Å². The van der Waals surface area contributed by atoms with Gasteiger partial charge in [-0.1, -0.05) is 140 Å². The molecule has 0 rings (SSSR count). The monoisotopic (exact) mass is 711 g/mol. The van der Waals surface area contributed by atoms with E-state index in [1.165, 1.54) is 57.8 Å².